The van der Waals surface area contributed by atoms with Crippen molar-refractivity contribution in [3.8, 4) is 5.75 Å². The van der Waals surface area contributed by atoms with E-state index >= 15 is 0 Å². The van der Waals surface area contributed by atoms with Crippen LogP contribution in [0.25, 0.3) is 0 Å². The average Bonchev–Trinajstić information content (AvgIpc) is 2.93. The minimum absolute atomic E-state index is 0.178. The van der Waals surface area contributed by atoms with Gasteiger partial charge in [-0.1, -0.05) is 17.7 Å². The Hall–Kier alpha value is -2.31. The Balaban J connectivity index is 1.56. The van der Waals surface area contributed by atoms with E-state index in [9.17, 15) is 9.90 Å². The summed E-state index contributed by atoms with van der Waals surface area (Å²) in [6.45, 7) is 2.30. The van der Waals surface area contributed by atoms with E-state index in [2.05, 4.69) is 22.0 Å². The summed E-state index contributed by atoms with van der Waals surface area (Å²) in [7, 11) is 1.36. The van der Waals surface area contributed by atoms with Crippen LogP contribution in [0.5, 0.6) is 5.75 Å². The van der Waals surface area contributed by atoms with Gasteiger partial charge < -0.3 is 19.5 Å². The van der Waals surface area contributed by atoms with E-state index in [4.69, 9.17) is 21.1 Å². The molecule has 1 aliphatic heterocycles. The normalized spacial score (nSPS) is 26.4. The number of carbonyl (C=O) groups excluding carboxylic acids is 1. The third-order valence-corrected chi connectivity index (χ3v) is 7.77. The molecule has 1 aromatic carbocycles. The maximum Gasteiger partial charge on any atom is 0.356 e. The molecule has 3 aliphatic rings. The van der Waals surface area contributed by atoms with Crippen LogP contribution in [0.4, 0.5) is 5.82 Å². The third kappa shape index (κ3) is 3.73. The molecular formula is C25H29ClN2O4. The van der Waals surface area contributed by atoms with Crippen molar-refractivity contribution in [2.24, 2.45) is 11.8 Å². The molecule has 2 aliphatic carbocycles. The fraction of sp³-hybridized carbons (Fsp3) is 0.520. The first-order valence-electron chi connectivity index (χ1n) is 11.4. The van der Waals surface area contributed by atoms with E-state index in [1.165, 1.54) is 18.2 Å². The van der Waals surface area contributed by atoms with Gasteiger partial charge in [0.25, 0.3) is 0 Å². The number of esters is 1. The summed E-state index contributed by atoms with van der Waals surface area (Å²) < 4.78 is 11.3. The molecule has 2 heterocycles. The summed E-state index contributed by atoms with van der Waals surface area (Å²) in [5.74, 6) is 1.64. The highest BCUT2D eigenvalue weighted by Crippen LogP contribution is 2.45. The van der Waals surface area contributed by atoms with Gasteiger partial charge in [-0.25, -0.2) is 9.78 Å². The van der Waals surface area contributed by atoms with Crippen molar-refractivity contribution in [2.45, 2.75) is 37.5 Å². The van der Waals surface area contributed by atoms with E-state index < -0.39 is 5.97 Å². The van der Waals surface area contributed by atoms with Gasteiger partial charge in [-0.05, 0) is 79.3 Å². The highest BCUT2D eigenvalue weighted by atomic mass is 35.5. The summed E-state index contributed by atoms with van der Waals surface area (Å²) in [6.07, 6.45) is 5.26. The van der Waals surface area contributed by atoms with Gasteiger partial charge >= 0.3 is 5.97 Å². The fourth-order valence-electron chi connectivity index (χ4n) is 5.60. The van der Waals surface area contributed by atoms with Gasteiger partial charge in [0.05, 0.1) is 13.7 Å². The number of hydrogen-bond donors (Lipinski definition) is 1. The Kier molecular flexibility index (Phi) is 5.76. The van der Waals surface area contributed by atoms with Crippen molar-refractivity contribution in [2.75, 3.05) is 38.3 Å². The predicted molar refractivity (Wildman–Crippen MR) is 123 cm³/mol. The quantitative estimate of drug-likeness (QED) is 0.701. The molecule has 1 spiro atoms. The number of carbonyl (C=O) groups is 1. The molecule has 170 valence electrons. The summed E-state index contributed by atoms with van der Waals surface area (Å²) in [6, 6.07) is 9.70. The van der Waals surface area contributed by atoms with Crippen LogP contribution in [0.3, 0.4) is 0 Å². The minimum atomic E-state index is -0.457. The fourth-order valence-corrected chi connectivity index (χ4v) is 5.79. The van der Waals surface area contributed by atoms with Crippen molar-refractivity contribution in [3.63, 3.8) is 0 Å². The number of halogens is 1. The van der Waals surface area contributed by atoms with Crippen LogP contribution in [0.15, 0.2) is 30.3 Å². The van der Waals surface area contributed by atoms with Crippen LogP contribution < -0.4 is 9.64 Å². The molecule has 0 amide bonds. The molecule has 1 fully saturated rings. The van der Waals surface area contributed by atoms with E-state index in [0.717, 1.165) is 50.2 Å². The second-order valence-electron chi connectivity index (χ2n) is 9.39. The van der Waals surface area contributed by atoms with Crippen molar-refractivity contribution in [3.05, 3.63) is 52.2 Å². The molecule has 6 nitrogen and oxygen atoms in total. The lowest BCUT2D eigenvalue weighted by molar-refractivity contribution is 0.0594. The Morgan fingerprint density at radius 1 is 1.31 bits per heavy atom. The number of nitrogens with zero attached hydrogens (tertiary/aromatic N) is 2. The van der Waals surface area contributed by atoms with Crippen LogP contribution >= 0.6 is 11.6 Å². The minimum Gasteiger partial charge on any atom is -0.489 e. The standard InChI is InChI=1S/C25H29ClN2O4/c1-31-24(30)21-8-9-22-23(27-21)28(12-17-4-5-18(17)13-29)14-25(15-32-22)10-2-3-16-11-19(26)6-7-20(16)25/h6-9,11,17-18,29H,2-5,10,12-15H2,1H3/t17-,18-,25?/m0/s1. The summed E-state index contributed by atoms with van der Waals surface area (Å²) in [5, 5.41) is 10.5. The molecule has 1 saturated carbocycles. The molecule has 0 saturated heterocycles. The number of hydrogen-bond acceptors (Lipinski definition) is 6. The maximum absolute atomic E-state index is 12.2. The molecule has 2 aromatic rings. The summed E-state index contributed by atoms with van der Waals surface area (Å²) >= 11 is 6.31. The molecule has 1 N–H and O–H groups in total. The molecule has 0 radical (unpaired) electrons. The van der Waals surface area contributed by atoms with E-state index in [1.54, 1.807) is 6.07 Å². The molecule has 1 aromatic heterocycles. The van der Waals surface area contributed by atoms with Crippen molar-refractivity contribution < 1.29 is 19.4 Å². The predicted octanol–water partition coefficient (Wildman–Crippen LogP) is 4.01. The van der Waals surface area contributed by atoms with Crippen LogP contribution in [0, 0.1) is 11.8 Å². The zero-order chi connectivity index (χ0) is 22.3. The highest BCUT2D eigenvalue weighted by molar-refractivity contribution is 6.30. The topological polar surface area (TPSA) is 71.9 Å². The van der Waals surface area contributed by atoms with Gasteiger partial charge in [0.2, 0.25) is 0 Å². The number of aliphatic hydroxyl groups is 1. The lowest BCUT2D eigenvalue weighted by Crippen LogP contribution is -2.49. The van der Waals surface area contributed by atoms with Crippen molar-refractivity contribution >= 4 is 23.4 Å². The Morgan fingerprint density at radius 2 is 2.16 bits per heavy atom. The van der Waals surface area contributed by atoms with E-state index in [-0.39, 0.29) is 17.7 Å². The number of benzene rings is 1. The molecule has 5 rings (SSSR count). The number of rotatable bonds is 4. The first-order chi connectivity index (χ1) is 15.5. The number of aromatic nitrogens is 1. The van der Waals surface area contributed by atoms with Gasteiger partial charge in [0.1, 0.15) is 0 Å². The van der Waals surface area contributed by atoms with Gasteiger partial charge in [0.15, 0.2) is 17.3 Å². The van der Waals surface area contributed by atoms with Crippen LogP contribution in [0.2, 0.25) is 5.02 Å². The largest absolute Gasteiger partial charge is 0.489 e. The number of aryl methyl sites for hydroxylation is 1. The molecule has 1 unspecified atom stereocenters. The highest BCUT2D eigenvalue weighted by Gasteiger charge is 2.43. The number of methoxy groups -OCH3 is 1. The molecule has 0 bridgehead atoms. The molecule has 32 heavy (non-hydrogen) atoms. The summed E-state index contributed by atoms with van der Waals surface area (Å²) in [5.41, 5.74) is 2.69. The van der Waals surface area contributed by atoms with Crippen LogP contribution in [-0.4, -0.2) is 49.5 Å². The Morgan fingerprint density at radius 3 is 2.91 bits per heavy atom. The van der Waals surface area contributed by atoms with Crippen LogP contribution in [0.1, 0.15) is 47.3 Å². The zero-order valence-electron chi connectivity index (χ0n) is 18.3. The number of anilines is 1. The lowest BCUT2D eigenvalue weighted by atomic mass is 9.69. The van der Waals surface area contributed by atoms with Gasteiger partial charge in [0, 0.05) is 30.1 Å². The molecular weight excluding hydrogens is 428 g/mol. The Bertz CT molecular complexity index is 1030. The maximum atomic E-state index is 12.2. The number of fused-ring (bicyclic) bond motifs is 3. The second kappa shape index (κ2) is 8.56. The van der Waals surface area contributed by atoms with Crippen molar-refractivity contribution in [1.29, 1.82) is 0 Å². The third-order valence-electron chi connectivity index (χ3n) is 7.54. The van der Waals surface area contributed by atoms with Crippen molar-refractivity contribution in [1.82, 2.24) is 4.98 Å². The van der Waals surface area contributed by atoms with E-state index in [1.807, 2.05) is 12.1 Å². The number of pyridine rings is 1. The van der Waals surface area contributed by atoms with Gasteiger partial charge in [-0.3, -0.25) is 0 Å². The van der Waals surface area contributed by atoms with Gasteiger partial charge in [-0.2, -0.15) is 0 Å². The first-order valence-corrected chi connectivity index (χ1v) is 11.8. The molecule has 3 atom stereocenters. The SMILES string of the molecule is COC(=O)c1ccc2c(n1)N(C[C@@H]1CC[C@H]1CO)CC1(CCCc3cc(Cl)ccc31)CO2. The van der Waals surface area contributed by atoms with E-state index in [0.29, 0.717) is 30.0 Å². The van der Waals surface area contributed by atoms with Gasteiger partial charge in [-0.15, -0.1) is 0 Å². The number of ether oxygens (including phenoxy) is 2. The summed E-state index contributed by atoms with van der Waals surface area (Å²) in [4.78, 5) is 19.1. The Labute approximate surface area is 193 Å². The average molecular weight is 457 g/mol. The molecule has 7 heteroatoms. The first kappa shape index (κ1) is 21.5. The smallest absolute Gasteiger partial charge is 0.356 e. The lowest BCUT2D eigenvalue weighted by Gasteiger charge is -2.43. The number of aliphatic hydroxyl groups excluding tert-OH is 1. The monoisotopic (exact) mass is 456 g/mol. The second-order valence-corrected chi connectivity index (χ2v) is 9.83. The zero-order valence-corrected chi connectivity index (χ0v) is 19.1. The van der Waals surface area contributed by atoms with Crippen LogP contribution in [-0.2, 0) is 16.6 Å².